The number of hydrogen-bond donors (Lipinski definition) is 2. The molecule has 3 N–H and O–H groups in total. The second kappa shape index (κ2) is 10.0. The van der Waals surface area contributed by atoms with Crippen LogP contribution in [-0.4, -0.2) is 42.1 Å². The number of thioether (sulfide) groups is 1. The van der Waals surface area contributed by atoms with Gasteiger partial charge < -0.3 is 15.8 Å². The van der Waals surface area contributed by atoms with Crippen LogP contribution in [-0.2, 0) is 14.3 Å². The summed E-state index contributed by atoms with van der Waals surface area (Å²) in [5.74, 6) is 0.405. The molecule has 5 nitrogen and oxygen atoms in total. The number of carbonyl (C=O) groups excluding carboxylic acids is 2. The average Bonchev–Trinajstić information content (AvgIpc) is 2.67. The summed E-state index contributed by atoms with van der Waals surface area (Å²) in [7, 11) is 0. The van der Waals surface area contributed by atoms with E-state index in [1.807, 2.05) is 0 Å². The molecule has 1 saturated carbocycles. The molecule has 0 bridgehead atoms. The van der Waals surface area contributed by atoms with Crippen LogP contribution in [0.4, 0.5) is 0 Å². The Kier molecular flexibility index (Phi) is 8.69. The number of nitrogens with one attached hydrogen (secondary N) is 1. The standard InChI is InChI=1S/C14H26N2O3S/c1-2-19-14(18)12(15)9-20-10-13(17)16-11-7-5-3-4-6-8-11/h11-12H,2-10,15H2,1H3,(H,16,17). The van der Waals surface area contributed by atoms with Crippen LogP contribution in [0.1, 0.15) is 45.4 Å². The summed E-state index contributed by atoms with van der Waals surface area (Å²) >= 11 is 1.38. The van der Waals surface area contributed by atoms with Gasteiger partial charge in [-0.05, 0) is 19.8 Å². The van der Waals surface area contributed by atoms with Gasteiger partial charge in [-0.15, -0.1) is 11.8 Å². The molecule has 1 aliphatic carbocycles. The number of hydrogen-bond acceptors (Lipinski definition) is 5. The highest BCUT2D eigenvalue weighted by Gasteiger charge is 2.17. The first kappa shape index (κ1) is 17.3. The van der Waals surface area contributed by atoms with Crippen LogP contribution >= 0.6 is 11.8 Å². The SMILES string of the molecule is CCOC(=O)C(N)CSCC(=O)NC1CCCCCC1. The third kappa shape index (κ3) is 7.14. The molecular formula is C14H26N2O3S. The average molecular weight is 302 g/mol. The van der Waals surface area contributed by atoms with Crippen molar-refractivity contribution in [3.63, 3.8) is 0 Å². The molecule has 1 unspecified atom stereocenters. The minimum Gasteiger partial charge on any atom is -0.465 e. The largest absolute Gasteiger partial charge is 0.465 e. The Morgan fingerprint density at radius 2 is 1.95 bits per heavy atom. The van der Waals surface area contributed by atoms with Crippen molar-refractivity contribution in [2.75, 3.05) is 18.1 Å². The molecular weight excluding hydrogens is 276 g/mol. The van der Waals surface area contributed by atoms with Crippen LogP contribution in [0.2, 0.25) is 0 Å². The van der Waals surface area contributed by atoms with E-state index in [-0.39, 0.29) is 5.91 Å². The second-order valence-corrected chi connectivity index (χ2v) is 6.16. The predicted molar refractivity (Wildman–Crippen MR) is 81.6 cm³/mol. The highest BCUT2D eigenvalue weighted by Crippen LogP contribution is 2.17. The number of nitrogens with two attached hydrogens (primary N) is 1. The van der Waals surface area contributed by atoms with Gasteiger partial charge in [-0.25, -0.2) is 0 Å². The quantitative estimate of drug-likeness (QED) is 0.549. The van der Waals surface area contributed by atoms with Crippen molar-refractivity contribution in [1.29, 1.82) is 0 Å². The Morgan fingerprint density at radius 1 is 1.30 bits per heavy atom. The summed E-state index contributed by atoms with van der Waals surface area (Å²) < 4.78 is 4.82. The van der Waals surface area contributed by atoms with Gasteiger partial charge in [0.05, 0.1) is 12.4 Å². The van der Waals surface area contributed by atoms with Crippen LogP contribution in [0.3, 0.4) is 0 Å². The molecule has 6 heteroatoms. The van der Waals surface area contributed by atoms with Crippen molar-refractivity contribution in [2.24, 2.45) is 5.73 Å². The zero-order chi connectivity index (χ0) is 14.8. The zero-order valence-corrected chi connectivity index (χ0v) is 13.0. The predicted octanol–water partition coefficient (Wildman–Crippen LogP) is 1.45. The van der Waals surface area contributed by atoms with Crippen molar-refractivity contribution in [3.05, 3.63) is 0 Å². The summed E-state index contributed by atoms with van der Waals surface area (Å²) in [5.41, 5.74) is 5.67. The van der Waals surface area contributed by atoms with Crippen LogP contribution < -0.4 is 11.1 Å². The Bertz CT molecular complexity index is 305. The second-order valence-electron chi connectivity index (χ2n) is 5.13. The summed E-state index contributed by atoms with van der Waals surface area (Å²) in [4.78, 5) is 23.1. The summed E-state index contributed by atoms with van der Waals surface area (Å²) in [5, 5.41) is 3.07. The van der Waals surface area contributed by atoms with Gasteiger partial charge in [0.25, 0.3) is 0 Å². The van der Waals surface area contributed by atoms with Gasteiger partial charge in [0, 0.05) is 11.8 Å². The Morgan fingerprint density at radius 3 is 2.55 bits per heavy atom. The maximum atomic E-state index is 11.8. The molecule has 0 aromatic rings. The van der Waals surface area contributed by atoms with Gasteiger partial charge in [-0.1, -0.05) is 25.7 Å². The fourth-order valence-electron chi connectivity index (χ4n) is 2.29. The normalized spacial score (nSPS) is 18.1. The van der Waals surface area contributed by atoms with Crippen molar-refractivity contribution >= 4 is 23.6 Å². The highest BCUT2D eigenvalue weighted by atomic mass is 32.2. The number of esters is 1. The van der Waals surface area contributed by atoms with Gasteiger partial charge in [0.15, 0.2) is 0 Å². The molecule has 1 atom stereocenters. The highest BCUT2D eigenvalue weighted by molar-refractivity contribution is 8.00. The minimum atomic E-state index is -0.648. The Hall–Kier alpha value is -0.750. The van der Waals surface area contributed by atoms with E-state index in [0.717, 1.165) is 12.8 Å². The van der Waals surface area contributed by atoms with E-state index in [1.165, 1.54) is 37.4 Å². The van der Waals surface area contributed by atoms with E-state index in [2.05, 4.69) is 5.32 Å². The zero-order valence-electron chi connectivity index (χ0n) is 12.2. The summed E-state index contributed by atoms with van der Waals surface area (Å²) in [6.07, 6.45) is 7.11. The summed E-state index contributed by atoms with van der Waals surface area (Å²) in [6, 6.07) is -0.324. The van der Waals surface area contributed by atoms with Crippen LogP contribution in [0.5, 0.6) is 0 Å². The van der Waals surface area contributed by atoms with E-state index < -0.39 is 12.0 Å². The van der Waals surface area contributed by atoms with E-state index in [4.69, 9.17) is 10.5 Å². The van der Waals surface area contributed by atoms with E-state index >= 15 is 0 Å². The van der Waals surface area contributed by atoms with Crippen LogP contribution in [0.15, 0.2) is 0 Å². The third-order valence-corrected chi connectivity index (χ3v) is 4.40. The van der Waals surface area contributed by atoms with Crippen molar-refractivity contribution in [1.82, 2.24) is 5.32 Å². The molecule has 1 fully saturated rings. The lowest BCUT2D eigenvalue weighted by Gasteiger charge is -2.16. The molecule has 0 aromatic carbocycles. The number of ether oxygens (including phenoxy) is 1. The van der Waals surface area contributed by atoms with Gasteiger partial charge in [0.1, 0.15) is 6.04 Å². The Labute approximate surface area is 125 Å². The molecule has 1 amide bonds. The Balaban J connectivity index is 2.14. The minimum absolute atomic E-state index is 0.0398. The number of carbonyl (C=O) groups is 2. The molecule has 1 aliphatic rings. The molecule has 0 radical (unpaired) electrons. The smallest absolute Gasteiger partial charge is 0.323 e. The molecule has 0 aliphatic heterocycles. The lowest BCUT2D eigenvalue weighted by molar-refractivity contribution is -0.144. The monoisotopic (exact) mass is 302 g/mol. The summed E-state index contributed by atoms with van der Waals surface area (Å²) in [6.45, 7) is 2.08. The fourth-order valence-corrected chi connectivity index (χ4v) is 3.07. The first-order valence-electron chi connectivity index (χ1n) is 7.42. The topological polar surface area (TPSA) is 81.4 Å². The third-order valence-electron chi connectivity index (χ3n) is 3.34. The van der Waals surface area contributed by atoms with Gasteiger partial charge in [-0.2, -0.15) is 0 Å². The first-order chi connectivity index (χ1) is 9.63. The maximum Gasteiger partial charge on any atom is 0.323 e. The molecule has 0 aromatic heterocycles. The molecule has 0 spiro atoms. The molecule has 1 rings (SSSR count). The van der Waals surface area contributed by atoms with Crippen molar-refractivity contribution < 1.29 is 14.3 Å². The number of rotatable bonds is 7. The van der Waals surface area contributed by atoms with Gasteiger partial charge in [0.2, 0.25) is 5.91 Å². The van der Waals surface area contributed by atoms with Gasteiger partial charge >= 0.3 is 5.97 Å². The lowest BCUT2D eigenvalue weighted by atomic mass is 10.1. The molecule has 20 heavy (non-hydrogen) atoms. The molecule has 0 saturated heterocycles. The number of amides is 1. The fraction of sp³-hybridized carbons (Fsp3) is 0.857. The van der Waals surface area contributed by atoms with E-state index in [1.54, 1.807) is 6.92 Å². The van der Waals surface area contributed by atoms with Crippen LogP contribution in [0.25, 0.3) is 0 Å². The van der Waals surface area contributed by atoms with E-state index in [9.17, 15) is 9.59 Å². The van der Waals surface area contributed by atoms with Gasteiger partial charge in [-0.3, -0.25) is 9.59 Å². The van der Waals surface area contributed by atoms with Crippen LogP contribution in [0, 0.1) is 0 Å². The maximum absolute atomic E-state index is 11.8. The van der Waals surface area contributed by atoms with Crippen molar-refractivity contribution in [3.8, 4) is 0 Å². The van der Waals surface area contributed by atoms with E-state index in [0.29, 0.717) is 24.2 Å². The first-order valence-corrected chi connectivity index (χ1v) is 8.58. The lowest BCUT2D eigenvalue weighted by Crippen LogP contribution is -2.37. The van der Waals surface area contributed by atoms with Crippen molar-refractivity contribution in [2.45, 2.75) is 57.5 Å². The molecule has 116 valence electrons. The molecule has 0 heterocycles.